The highest BCUT2D eigenvalue weighted by molar-refractivity contribution is 7.88. The molecule has 2 aromatic carbocycles. The van der Waals surface area contributed by atoms with Crippen LogP contribution in [0, 0.1) is 0 Å². The molecular weight excluding hydrogens is 344 g/mol. The fourth-order valence-corrected chi connectivity index (χ4v) is 2.50. The monoisotopic (exact) mass is 352 g/mol. The highest BCUT2D eigenvalue weighted by Crippen LogP contribution is 2.30. The molecule has 2 N–H and O–H groups in total. The van der Waals surface area contributed by atoms with Gasteiger partial charge in [-0.25, -0.2) is 0 Å². The minimum atomic E-state index is -5.94. The van der Waals surface area contributed by atoms with E-state index in [0.29, 0.717) is 15.7 Å². The van der Waals surface area contributed by atoms with Crippen LogP contribution in [0.5, 0.6) is 5.75 Å². The van der Waals surface area contributed by atoms with Crippen LogP contribution in [0.1, 0.15) is 0 Å². The van der Waals surface area contributed by atoms with Gasteiger partial charge in [-0.2, -0.15) is 21.6 Å². The summed E-state index contributed by atoms with van der Waals surface area (Å²) in [5.41, 5.74) is -6.15. The molecule has 0 unspecified atom stereocenters. The van der Waals surface area contributed by atoms with Crippen LogP contribution in [-0.2, 0) is 10.1 Å². The van der Waals surface area contributed by atoms with Gasteiger partial charge >= 0.3 is 22.7 Å². The first-order valence-corrected chi connectivity index (χ1v) is 7.51. The standard InChI is InChI=1S/C11H8BF3O5S2/c13-11(14,15)22(18,19)20-9-5-7-6(2-1-3-10(7)21)4-8(9)12(16)17/h1-5,16-17,21H. The van der Waals surface area contributed by atoms with Crippen LogP contribution in [0.4, 0.5) is 13.2 Å². The number of benzene rings is 2. The van der Waals surface area contributed by atoms with E-state index in [9.17, 15) is 31.6 Å². The van der Waals surface area contributed by atoms with Crippen LogP contribution in [0.25, 0.3) is 10.8 Å². The predicted molar refractivity (Wildman–Crippen MR) is 76.6 cm³/mol. The Kier molecular flexibility index (Phi) is 4.35. The molecule has 0 atom stereocenters. The van der Waals surface area contributed by atoms with Gasteiger partial charge in [-0.05, 0) is 22.9 Å². The zero-order valence-corrected chi connectivity index (χ0v) is 12.3. The Balaban J connectivity index is 2.66. The van der Waals surface area contributed by atoms with E-state index in [1.165, 1.54) is 6.07 Å². The summed E-state index contributed by atoms with van der Waals surface area (Å²) in [4.78, 5) is 0.353. The average molecular weight is 352 g/mol. The molecule has 0 radical (unpaired) electrons. The molecule has 0 bridgehead atoms. The molecule has 0 saturated heterocycles. The fourth-order valence-electron chi connectivity index (χ4n) is 1.75. The Morgan fingerprint density at radius 3 is 2.36 bits per heavy atom. The number of fused-ring (bicyclic) bond motifs is 1. The van der Waals surface area contributed by atoms with Gasteiger partial charge in [0.25, 0.3) is 0 Å². The van der Waals surface area contributed by atoms with Gasteiger partial charge in [0.1, 0.15) is 5.75 Å². The van der Waals surface area contributed by atoms with Crippen molar-refractivity contribution in [3.63, 3.8) is 0 Å². The molecule has 0 aliphatic rings. The predicted octanol–water partition coefficient (Wildman–Crippen LogP) is 1.04. The summed E-state index contributed by atoms with van der Waals surface area (Å²) >= 11 is 4.10. The van der Waals surface area contributed by atoms with Crippen LogP contribution < -0.4 is 9.65 Å². The van der Waals surface area contributed by atoms with E-state index >= 15 is 0 Å². The second-order valence-corrected chi connectivity index (χ2v) is 6.26. The summed E-state index contributed by atoms with van der Waals surface area (Å²) in [7, 11) is -8.15. The molecule has 22 heavy (non-hydrogen) atoms. The van der Waals surface area contributed by atoms with E-state index in [1.807, 2.05) is 0 Å². The Morgan fingerprint density at radius 2 is 1.82 bits per heavy atom. The van der Waals surface area contributed by atoms with E-state index < -0.39 is 34.0 Å². The molecule has 0 aromatic heterocycles. The quantitative estimate of drug-likeness (QED) is 0.333. The van der Waals surface area contributed by atoms with Crippen molar-refractivity contribution in [2.24, 2.45) is 0 Å². The van der Waals surface area contributed by atoms with Gasteiger partial charge in [0.05, 0.1) is 0 Å². The average Bonchev–Trinajstić information content (AvgIpc) is 2.37. The van der Waals surface area contributed by atoms with Crippen LogP contribution in [0.15, 0.2) is 35.2 Å². The number of hydrogen-bond acceptors (Lipinski definition) is 6. The van der Waals surface area contributed by atoms with E-state index in [-0.39, 0.29) is 0 Å². The van der Waals surface area contributed by atoms with Crippen molar-refractivity contribution in [1.29, 1.82) is 0 Å². The molecular formula is C11H8BF3O5S2. The largest absolute Gasteiger partial charge is 0.534 e. The maximum Gasteiger partial charge on any atom is 0.534 e. The lowest BCUT2D eigenvalue weighted by molar-refractivity contribution is -0.0499. The molecule has 11 heteroatoms. The van der Waals surface area contributed by atoms with Crippen molar-refractivity contribution in [1.82, 2.24) is 0 Å². The van der Waals surface area contributed by atoms with Crippen molar-refractivity contribution in [3.8, 4) is 5.75 Å². The first-order valence-electron chi connectivity index (χ1n) is 5.65. The summed E-state index contributed by atoms with van der Waals surface area (Å²) in [6.07, 6.45) is 0. The third-order valence-corrected chi connectivity index (χ3v) is 4.10. The Labute approximate surface area is 129 Å². The smallest absolute Gasteiger partial charge is 0.423 e. The van der Waals surface area contributed by atoms with Gasteiger partial charge in [-0.1, -0.05) is 18.2 Å². The molecule has 0 saturated carbocycles. The maximum atomic E-state index is 12.4. The SMILES string of the molecule is O=S(=O)(Oc1cc2c(S)cccc2cc1B(O)O)C(F)(F)F. The fraction of sp³-hybridized carbons (Fsp3) is 0.0909. The van der Waals surface area contributed by atoms with E-state index in [1.54, 1.807) is 12.1 Å². The van der Waals surface area contributed by atoms with Crippen molar-refractivity contribution in [2.75, 3.05) is 0 Å². The van der Waals surface area contributed by atoms with Gasteiger partial charge in [0.2, 0.25) is 0 Å². The molecule has 2 rings (SSSR count). The van der Waals surface area contributed by atoms with E-state index in [0.717, 1.165) is 12.1 Å². The highest BCUT2D eigenvalue weighted by atomic mass is 32.2. The lowest BCUT2D eigenvalue weighted by atomic mass is 9.78. The molecule has 0 amide bonds. The first kappa shape index (κ1) is 16.9. The third kappa shape index (κ3) is 3.17. The number of thiol groups is 1. The van der Waals surface area contributed by atoms with Gasteiger partial charge in [-0.15, -0.1) is 12.6 Å². The summed E-state index contributed by atoms with van der Waals surface area (Å²) in [5, 5.41) is 19.1. The lowest BCUT2D eigenvalue weighted by Gasteiger charge is -2.14. The minimum Gasteiger partial charge on any atom is -0.423 e. The Morgan fingerprint density at radius 1 is 1.18 bits per heavy atom. The molecule has 5 nitrogen and oxygen atoms in total. The summed E-state index contributed by atoms with van der Waals surface area (Å²) in [6, 6.07) is 6.73. The van der Waals surface area contributed by atoms with E-state index in [2.05, 4.69) is 16.8 Å². The zero-order chi connectivity index (χ0) is 16.7. The van der Waals surface area contributed by atoms with Crippen LogP contribution in [-0.4, -0.2) is 31.1 Å². The van der Waals surface area contributed by atoms with Gasteiger partial charge < -0.3 is 14.2 Å². The van der Waals surface area contributed by atoms with Gasteiger partial charge in [0.15, 0.2) is 0 Å². The van der Waals surface area contributed by atoms with Crippen molar-refractivity contribution < 1.29 is 35.8 Å². The number of alkyl halides is 3. The van der Waals surface area contributed by atoms with Crippen LogP contribution in [0.3, 0.4) is 0 Å². The molecule has 0 aliphatic heterocycles. The summed E-state index contributed by atoms with van der Waals surface area (Å²) in [6.45, 7) is 0. The summed E-state index contributed by atoms with van der Waals surface area (Å²) in [5.74, 6) is -0.832. The van der Waals surface area contributed by atoms with Crippen molar-refractivity contribution in [3.05, 3.63) is 30.3 Å². The second kappa shape index (κ2) is 5.65. The molecule has 0 spiro atoms. The molecule has 0 aliphatic carbocycles. The molecule has 0 heterocycles. The minimum absolute atomic E-state index is 0.294. The molecule has 118 valence electrons. The normalized spacial score (nSPS) is 12.5. The zero-order valence-electron chi connectivity index (χ0n) is 10.6. The highest BCUT2D eigenvalue weighted by Gasteiger charge is 2.49. The third-order valence-electron chi connectivity index (χ3n) is 2.75. The van der Waals surface area contributed by atoms with Gasteiger partial charge in [0, 0.05) is 10.4 Å². The Bertz CT molecular complexity index is 820. The second-order valence-electron chi connectivity index (χ2n) is 4.25. The molecule has 2 aromatic rings. The first-order chi connectivity index (χ1) is 10.0. The van der Waals surface area contributed by atoms with Crippen LogP contribution >= 0.6 is 12.6 Å². The lowest BCUT2D eigenvalue weighted by Crippen LogP contribution is -2.35. The summed E-state index contributed by atoms with van der Waals surface area (Å²) < 4.78 is 63.4. The molecule has 0 fully saturated rings. The Hall–Kier alpha value is -1.43. The topological polar surface area (TPSA) is 83.8 Å². The van der Waals surface area contributed by atoms with Gasteiger partial charge in [-0.3, -0.25) is 0 Å². The number of rotatable bonds is 3. The number of halogens is 3. The maximum absolute atomic E-state index is 12.4. The van der Waals surface area contributed by atoms with Crippen LogP contribution in [0.2, 0.25) is 0 Å². The van der Waals surface area contributed by atoms with Crippen molar-refractivity contribution in [2.45, 2.75) is 10.4 Å². The van der Waals surface area contributed by atoms with E-state index in [4.69, 9.17) is 0 Å². The number of hydrogen-bond donors (Lipinski definition) is 3. The van der Waals surface area contributed by atoms with Crippen molar-refractivity contribution >= 4 is 46.1 Å².